The minimum Gasteiger partial charge on any atom is -0.300 e. The van der Waals surface area contributed by atoms with Gasteiger partial charge in [0.05, 0.1) is 0 Å². The summed E-state index contributed by atoms with van der Waals surface area (Å²) in [6.45, 7) is 5.96. The molecule has 0 aromatic carbocycles. The van der Waals surface area contributed by atoms with Crippen LogP contribution in [0, 0.1) is 17.8 Å². The summed E-state index contributed by atoms with van der Waals surface area (Å²) in [4.78, 5) is 22.7. The van der Waals surface area contributed by atoms with E-state index in [1.807, 2.05) is 0 Å². The molecule has 0 aromatic heterocycles. The van der Waals surface area contributed by atoms with Crippen molar-refractivity contribution in [1.29, 1.82) is 0 Å². The second-order valence-corrected chi connectivity index (χ2v) is 4.89. The number of hydrogen-bond acceptors (Lipinski definition) is 2. The molecule has 1 saturated carbocycles. The summed E-state index contributed by atoms with van der Waals surface area (Å²) in [6.07, 6.45) is 3.03. The van der Waals surface area contributed by atoms with Gasteiger partial charge in [-0.15, -0.1) is 0 Å². The molecule has 0 spiro atoms. The predicted molar refractivity (Wildman–Crippen MR) is 56.0 cm³/mol. The molecule has 0 heterocycles. The molecular weight excluding hydrogens is 176 g/mol. The molecule has 14 heavy (non-hydrogen) atoms. The molecule has 0 N–H and O–H groups in total. The van der Waals surface area contributed by atoms with Crippen LogP contribution in [0.3, 0.4) is 0 Å². The number of carbonyl (C=O) groups excluding carboxylic acids is 2. The Bertz CT molecular complexity index is 230. The standard InChI is InChI=1S/C12H20O2/c1-8(2)6-10-7-11(14)4-5-12(10)9(3)13/h8,10,12H,4-7H2,1-3H3. The highest BCUT2D eigenvalue weighted by atomic mass is 16.1. The van der Waals surface area contributed by atoms with E-state index in [9.17, 15) is 9.59 Å². The maximum Gasteiger partial charge on any atom is 0.133 e. The van der Waals surface area contributed by atoms with E-state index < -0.39 is 0 Å². The minimum atomic E-state index is 0.148. The molecule has 0 saturated heterocycles. The minimum absolute atomic E-state index is 0.148. The smallest absolute Gasteiger partial charge is 0.133 e. The highest BCUT2D eigenvalue weighted by molar-refractivity contribution is 5.85. The number of Topliss-reactive ketones (excluding diaryl/α,β-unsaturated/α-hetero) is 2. The molecule has 2 heteroatoms. The molecule has 80 valence electrons. The Morgan fingerprint density at radius 2 is 2.14 bits per heavy atom. The molecule has 2 atom stereocenters. The zero-order chi connectivity index (χ0) is 10.7. The molecule has 1 rings (SSSR count). The zero-order valence-electron chi connectivity index (χ0n) is 9.38. The van der Waals surface area contributed by atoms with Gasteiger partial charge in [-0.3, -0.25) is 9.59 Å². The maximum atomic E-state index is 11.4. The first-order valence-electron chi connectivity index (χ1n) is 5.53. The molecule has 0 bridgehead atoms. The molecule has 1 fully saturated rings. The van der Waals surface area contributed by atoms with Gasteiger partial charge in [0.15, 0.2) is 0 Å². The first-order valence-corrected chi connectivity index (χ1v) is 5.53. The van der Waals surface area contributed by atoms with Crippen molar-refractivity contribution in [2.75, 3.05) is 0 Å². The van der Waals surface area contributed by atoms with Crippen LogP contribution in [-0.4, -0.2) is 11.6 Å². The van der Waals surface area contributed by atoms with Crippen LogP contribution in [0.1, 0.15) is 46.5 Å². The lowest BCUT2D eigenvalue weighted by Gasteiger charge is -2.30. The van der Waals surface area contributed by atoms with Crippen molar-refractivity contribution in [3.63, 3.8) is 0 Å². The molecule has 0 aromatic rings. The molecule has 1 aliphatic rings. The molecule has 0 amide bonds. The second kappa shape index (κ2) is 4.72. The van der Waals surface area contributed by atoms with Gasteiger partial charge < -0.3 is 0 Å². The first kappa shape index (κ1) is 11.4. The zero-order valence-corrected chi connectivity index (χ0v) is 9.38. The van der Waals surface area contributed by atoms with Crippen LogP contribution in [0.4, 0.5) is 0 Å². The van der Waals surface area contributed by atoms with Gasteiger partial charge in [-0.05, 0) is 31.6 Å². The van der Waals surface area contributed by atoms with Crippen molar-refractivity contribution in [2.45, 2.75) is 46.5 Å². The van der Waals surface area contributed by atoms with Gasteiger partial charge in [0, 0.05) is 18.8 Å². The fraction of sp³-hybridized carbons (Fsp3) is 0.833. The fourth-order valence-corrected chi connectivity index (χ4v) is 2.48. The number of hydrogen-bond donors (Lipinski definition) is 0. The van der Waals surface area contributed by atoms with Crippen LogP contribution in [0.25, 0.3) is 0 Å². The van der Waals surface area contributed by atoms with E-state index in [0.717, 1.165) is 12.8 Å². The summed E-state index contributed by atoms with van der Waals surface area (Å²) in [5.74, 6) is 1.65. The topological polar surface area (TPSA) is 34.1 Å². The van der Waals surface area contributed by atoms with Crippen LogP contribution < -0.4 is 0 Å². The van der Waals surface area contributed by atoms with Gasteiger partial charge in [-0.2, -0.15) is 0 Å². The average molecular weight is 196 g/mol. The van der Waals surface area contributed by atoms with E-state index >= 15 is 0 Å². The largest absolute Gasteiger partial charge is 0.300 e. The lowest BCUT2D eigenvalue weighted by molar-refractivity contribution is -0.128. The average Bonchev–Trinajstić information content (AvgIpc) is 2.01. The summed E-state index contributed by atoms with van der Waals surface area (Å²) in [7, 11) is 0. The van der Waals surface area contributed by atoms with Crippen molar-refractivity contribution >= 4 is 11.6 Å². The fourth-order valence-electron chi connectivity index (χ4n) is 2.48. The van der Waals surface area contributed by atoms with Gasteiger partial charge in [-0.1, -0.05) is 13.8 Å². The summed E-state index contributed by atoms with van der Waals surface area (Å²) in [6, 6.07) is 0. The monoisotopic (exact) mass is 196 g/mol. The highest BCUT2D eigenvalue weighted by Gasteiger charge is 2.32. The third-order valence-electron chi connectivity index (χ3n) is 3.09. The summed E-state index contributed by atoms with van der Waals surface area (Å²) in [5, 5.41) is 0. The third-order valence-corrected chi connectivity index (χ3v) is 3.09. The lowest BCUT2D eigenvalue weighted by atomic mass is 9.73. The van der Waals surface area contributed by atoms with Crippen LogP contribution in [-0.2, 0) is 9.59 Å². The van der Waals surface area contributed by atoms with Crippen molar-refractivity contribution in [2.24, 2.45) is 17.8 Å². The third kappa shape index (κ3) is 2.93. The molecule has 2 unspecified atom stereocenters. The van der Waals surface area contributed by atoms with E-state index in [4.69, 9.17) is 0 Å². The molecular formula is C12H20O2. The van der Waals surface area contributed by atoms with E-state index in [1.54, 1.807) is 6.92 Å². The van der Waals surface area contributed by atoms with Gasteiger partial charge >= 0.3 is 0 Å². The SMILES string of the molecule is CC(=O)C1CCC(=O)CC1CC(C)C. The Hall–Kier alpha value is -0.660. The van der Waals surface area contributed by atoms with Gasteiger partial charge in [0.2, 0.25) is 0 Å². The molecule has 1 aliphatic carbocycles. The van der Waals surface area contributed by atoms with E-state index in [2.05, 4.69) is 13.8 Å². The quantitative estimate of drug-likeness (QED) is 0.695. The lowest BCUT2D eigenvalue weighted by Crippen LogP contribution is -2.30. The van der Waals surface area contributed by atoms with Crippen molar-refractivity contribution in [3.05, 3.63) is 0 Å². The van der Waals surface area contributed by atoms with E-state index in [0.29, 0.717) is 30.5 Å². The van der Waals surface area contributed by atoms with Crippen LogP contribution >= 0.6 is 0 Å². The van der Waals surface area contributed by atoms with E-state index in [-0.39, 0.29) is 11.7 Å². The Balaban J connectivity index is 2.63. The Kier molecular flexibility index (Phi) is 3.85. The van der Waals surface area contributed by atoms with E-state index in [1.165, 1.54) is 0 Å². The first-order chi connectivity index (χ1) is 6.50. The van der Waals surface area contributed by atoms with Gasteiger partial charge in [-0.25, -0.2) is 0 Å². The van der Waals surface area contributed by atoms with Crippen LogP contribution in [0.5, 0.6) is 0 Å². The Morgan fingerprint density at radius 1 is 1.50 bits per heavy atom. The molecule has 0 radical (unpaired) electrons. The number of carbonyl (C=O) groups is 2. The summed E-state index contributed by atoms with van der Waals surface area (Å²) >= 11 is 0. The van der Waals surface area contributed by atoms with Crippen LogP contribution in [0.2, 0.25) is 0 Å². The summed E-state index contributed by atoms with van der Waals surface area (Å²) < 4.78 is 0. The predicted octanol–water partition coefficient (Wildman–Crippen LogP) is 2.61. The van der Waals surface area contributed by atoms with Crippen molar-refractivity contribution in [3.8, 4) is 0 Å². The van der Waals surface area contributed by atoms with Gasteiger partial charge in [0.25, 0.3) is 0 Å². The van der Waals surface area contributed by atoms with Crippen molar-refractivity contribution < 1.29 is 9.59 Å². The number of ketones is 2. The Labute approximate surface area is 86.1 Å². The van der Waals surface area contributed by atoms with Gasteiger partial charge in [0.1, 0.15) is 11.6 Å². The molecule has 2 nitrogen and oxygen atoms in total. The van der Waals surface area contributed by atoms with Crippen LogP contribution in [0.15, 0.2) is 0 Å². The maximum absolute atomic E-state index is 11.4. The van der Waals surface area contributed by atoms with Crippen molar-refractivity contribution in [1.82, 2.24) is 0 Å². The normalized spacial score (nSPS) is 28.1. The summed E-state index contributed by atoms with van der Waals surface area (Å²) in [5.41, 5.74) is 0. The highest BCUT2D eigenvalue weighted by Crippen LogP contribution is 2.33. The second-order valence-electron chi connectivity index (χ2n) is 4.89. The molecule has 0 aliphatic heterocycles. The number of rotatable bonds is 3. The Morgan fingerprint density at radius 3 is 2.64 bits per heavy atom.